The molecule has 7 heteroatoms. The van der Waals surface area contributed by atoms with Crippen molar-refractivity contribution in [2.45, 2.75) is 26.7 Å². The number of hydrogen-bond acceptors (Lipinski definition) is 2. The molecule has 0 unspecified atom stereocenters. The van der Waals surface area contributed by atoms with E-state index in [9.17, 15) is 0 Å². The quantitative estimate of drug-likeness (QED) is 0.383. The van der Waals surface area contributed by atoms with Gasteiger partial charge < -0.3 is 10.6 Å². The number of aryl methyl sites for hydroxylation is 2. The molecule has 2 aromatic rings. The SMILES string of the molecule is CN=C(NCCc1ccccc1Cl)NCCc1c(C)nn(C)c1C.I. The largest absolute Gasteiger partial charge is 0.356 e. The summed E-state index contributed by atoms with van der Waals surface area (Å²) in [4.78, 5) is 4.26. The lowest BCUT2D eigenvalue weighted by Crippen LogP contribution is -2.39. The minimum Gasteiger partial charge on any atom is -0.356 e. The Hall–Kier alpha value is -1.28. The summed E-state index contributed by atoms with van der Waals surface area (Å²) < 4.78 is 1.93. The predicted molar refractivity (Wildman–Crippen MR) is 116 cm³/mol. The van der Waals surface area contributed by atoms with E-state index in [0.29, 0.717) is 0 Å². The van der Waals surface area contributed by atoms with Crippen LogP contribution >= 0.6 is 35.6 Å². The molecule has 0 bridgehead atoms. The minimum atomic E-state index is 0. The number of rotatable bonds is 6. The standard InChI is InChI=1S/C18H26ClN5.HI/c1-13-16(14(2)24(4)23-13)10-12-22-18(20-3)21-11-9-15-7-5-6-8-17(15)19;/h5-8H,9-12H2,1-4H3,(H2,20,21,22);1H. The van der Waals surface area contributed by atoms with Crippen molar-refractivity contribution in [3.05, 3.63) is 51.8 Å². The summed E-state index contributed by atoms with van der Waals surface area (Å²) in [6.07, 6.45) is 1.79. The molecule has 5 nitrogen and oxygen atoms in total. The van der Waals surface area contributed by atoms with Crippen LogP contribution in [0.5, 0.6) is 0 Å². The Morgan fingerprint density at radius 1 is 1.16 bits per heavy atom. The molecule has 0 aliphatic heterocycles. The highest BCUT2D eigenvalue weighted by atomic mass is 127. The number of aliphatic imine (C=N–C) groups is 1. The smallest absolute Gasteiger partial charge is 0.190 e. The predicted octanol–water partition coefficient (Wildman–Crippen LogP) is 3.26. The maximum absolute atomic E-state index is 6.17. The third-order valence-electron chi connectivity index (χ3n) is 4.19. The zero-order valence-electron chi connectivity index (χ0n) is 15.3. The first-order valence-electron chi connectivity index (χ1n) is 8.20. The first-order chi connectivity index (χ1) is 11.5. The Labute approximate surface area is 172 Å². The molecule has 0 saturated heterocycles. The summed E-state index contributed by atoms with van der Waals surface area (Å²) in [5.41, 5.74) is 4.76. The maximum atomic E-state index is 6.17. The van der Waals surface area contributed by atoms with E-state index in [1.807, 2.05) is 36.0 Å². The van der Waals surface area contributed by atoms with Crippen molar-refractivity contribution >= 4 is 41.5 Å². The van der Waals surface area contributed by atoms with Crippen LogP contribution in [0.1, 0.15) is 22.5 Å². The lowest BCUT2D eigenvalue weighted by atomic mass is 10.1. The van der Waals surface area contributed by atoms with Gasteiger partial charge in [-0.15, -0.1) is 24.0 Å². The van der Waals surface area contributed by atoms with E-state index in [1.54, 1.807) is 7.05 Å². The van der Waals surface area contributed by atoms with Crippen molar-refractivity contribution in [1.29, 1.82) is 0 Å². The molecule has 25 heavy (non-hydrogen) atoms. The van der Waals surface area contributed by atoms with E-state index >= 15 is 0 Å². The molecule has 0 aliphatic rings. The fourth-order valence-corrected chi connectivity index (χ4v) is 2.95. The Balaban J connectivity index is 0.00000312. The minimum absolute atomic E-state index is 0. The molecule has 0 fully saturated rings. The van der Waals surface area contributed by atoms with Crippen LogP contribution in [0.2, 0.25) is 5.02 Å². The summed E-state index contributed by atoms with van der Waals surface area (Å²) in [7, 11) is 3.76. The monoisotopic (exact) mass is 475 g/mol. The van der Waals surface area contributed by atoms with Crippen molar-refractivity contribution in [2.24, 2.45) is 12.0 Å². The van der Waals surface area contributed by atoms with Crippen LogP contribution in [0.25, 0.3) is 0 Å². The number of guanidine groups is 1. The van der Waals surface area contributed by atoms with Gasteiger partial charge in [-0.2, -0.15) is 5.10 Å². The van der Waals surface area contributed by atoms with Crippen molar-refractivity contribution in [3.63, 3.8) is 0 Å². The van der Waals surface area contributed by atoms with Gasteiger partial charge in [0.25, 0.3) is 0 Å². The molecule has 0 atom stereocenters. The van der Waals surface area contributed by atoms with E-state index < -0.39 is 0 Å². The Morgan fingerprint density at radius 3 is 2.36 bits per heavy atom. The van der Waals surface area contributed by atoms with Gasteiger partial charge in [0.1, 0.15) is 0 Å². The Morgan fingerprint density at radius 2 is 1.80 bits per heavy atom. The van der Waals surface area contributed by atoms with Crippen LogP contribution in [0.3, 0.4) is 0 Å². The number of benzene rings is 1. The molecule has 1 heterocycles. The van der Waals surface area contributed by atoms with Gasteiger partial charge in [0.15, 0.2) is 5.96 Å². The summed E-state index contributed by atoms with van der Waals surface area (Å²) in [5.74, 6) is 0.807. The lowest BCUT2D eigenvalue weighted by Gasteiger charge is -2.12. The first kappa shape index (κ1) is 21.8. The van der Waals surface area contributed by atoms with Crippen LogP contribution in [-0.4, -0.2) is 35.9 Å². The number of aromatic nitrogens is 2. The van der Waals surface area contributed by atoms with Gasteiger partial charge in [-0.25, -0.2) is 0 Å². The number of hydrogen-bond donors (Lipinski definition) is 2. The highest BCUT2D eigenvalue weighted by Gasteiger charge is 2.09. The first-order valence-corrected chi connectivity index (χ1v) is 8.57. The summed E-state index contributed by atoms with van der Waals surface area (Å²) in [5, 5.41) is 11.9. The van der Waals surface area contributed by atoms with Crippen molar-refractivity contribution in [2.75, 3.05) is 20.1 Å². The molecule has 0 spiro atoms. The van der Waals surface area contributed by atoms with Gasteiger partial charge in [-0.1, -0.05) is 29.8 Å². The molecule has 0 radical (unpaired) electrons. The van der Waals surface area contributed by atoms with Crippen molar-refractivity contribution in [1.82, 2.24) is 20.4 Å². The second-order valence-corrected chi connectivity index (χ2v) is 6.20. The molecule has 0 aliphatic carbocycles. The molecular weight excluding hydrogens is 449 g/mol. The van der Waals surface area contributed by atoms with Gasteiger partial charge in [0.2, 0.25) is 0 Å². The van der Waals surface area contributed by atoms with Crippen LogP contribution in [0.15, 0.2) is 29.3 Å². The van der Waals surface area contributed by atoms with Gasteiger partial charge in [-0.05, 0) is 43.9 Å². The van der Waals surface area contributed by atoms with Crippen LogP contribution in [0.4, 0.5) is 0 Å². The van der Waals surface area contributed by atoms with Crippen LogP contribution < -0.4 is 10.6 Å². The molecule has 1 aromatic carbocycles. The van der Waals surface area contributed by atoms with E-state index in [-0.39, 0.29) is 24.0 Å². The van der Waals surface area contributed by atoms with Crippen LogP contribution in [-0.2, 0) is 19.9 Å². The molecule has 2 N–H and O–H groups in total. The van der Waals surface area contributed by atoms with Gasteiger partial charge >= 0.3 is 0 Å². The van der Waals surface area contributed by atoms with E-state index in [2.05, 4.69) is 34.6 Å². The summed E-state index contributed by atoms with van der Waals surface area (Å²) in [6.45, 7) is 5.76. The molecule has 138 valence electrons. The molecular formula is C18H27ClIN5. The maximum Gasteiger partial charge on any atom is 0.190 e. The van der Waals surface area contributed by atoms with Gasteiger partial charge in [0, 0.05) is 37.9 Å². The normalized spacial score (nSPS) is 11.2. The zero-order chi connectivity index (χ0) is 17.5. The average molecular weight is 476 g/mol. The van der Waals surface area contributed by atoms with Crippen LogP contribution in [0, 0.1) is 13.8 Å². The summed E-state index contributed by atoms with van der Waals surface area (Å²) >= 11 is 6.17. The number of halogens is 2. The highest BCUT2D eigenvalue weighted by Crippen LogP contribution is 2.14. The van der Waals surface area contributed by atoms with Gasteiger partial charge in [0.05, 0.1) is 5.69 Å². The Bertz CT molecular complexity index is 711. The van der Waals surface area contributed by atoms with Gasteiger partial charge in [-0.3, -0.25) is 9.67 Å². The van der Waals surface area contributed by atoms with Crippen molar-refractivity contribution < 1.29 is 0 Å². The molecule has 0 amide bonds. The van der Waals surface area contributed by atoms with E-state index in [0.717, 1.165) is 48.2 Å². The second-order valence-electron chi connectivity index (χ2n) is 5.79. The zero-order valence-corrected chi connectivity index (χ0v) is 18.4. The van der Waals surface area contributed by atoms with Crippen molar-refractivity contribution in [3.8, 4) is 0 Å². The lowest BCUT2D eigenvalue weighted by molar-refractivity contribution is 0.728. The second kappa shape index (κ2) is 10.7. The Kier molecular flexibility index (Phi) is 9.27. The molecule has 2 rings (SSSR count). The van der Waals surface area contributed by atoms with E-state index in [1.165, 1.54) is 11.3 Å². The topological polar surface area (TPSA) is 54.2 Å². The third kappa shape index (κ3) is 6.18. The molecule has 0 saturated carbocycles. The third-order valence-corrected chi connectivity index (χ3v) is 4.56. The van der Waals surface area contributed by atoms with E-state index in [4.69, 9.17) is 11.6 Å². The highest BCUT2D eigenvalue weighted by molar-refractivity contribution is 14.0. The fraction of sp³-hybridized carbons (Fsp3) is 0.444. The summed E-state index contributed by atoms with van der Waals surface area (Å²) in [6, 6.07) is 7.92. The number of nitrogens with zero attached hydrogens (tertiary/aromatic N) is 3. The molecule has 1 aromatic heterocycles. The average Bonchev–Trinajstić information content (AvgIpc) is 2.81. The number of nitrogens with one attached hydrogen (secondary N) is 2. The fourth-order valence-electron chi connectivity index (χ4n) is 2.72.